The number of aryl methyl sites for hydroxylation is 1. The van der Waals surface area contributed by atoms with E-state index in [1.54, 1.807) is 0 Å². The standard InChI is InChI=1S/C13H15BrN4/c1-2-9-5-3-8-12-16-17-13(18(9)12)10-6-4-7-11(14)15-10/h4,6-7,9H,2-3,5,8H2,1H3. The number of nitrogens with zero attached hydrogens (tertiary/aromatic N) is 4. The van der Waals surface area contributed by atoms with Crippen LogP contribution in [-0.2, 0) is 6.42 Å². The predicted octanol–water partition coefficient (Wildman–Crippen LogP) is 3.39. The fourth-order valence-electron chi connectivity index (χ4n) is 2.60. The SMILES string of the molecule is CCC1CCCc2nnc(-c3cccc(Br)n3)n21. The summed E-state index contributed by atoms with van der Waals surface area (Å²) in [6.45, 7) is 2.22. The van der Waals surface area contributed by atoms with Crippen molar-refractivity contribution in [2.45, 2.75) is 38.6 Å². The molecule has 0 saturated heterocycles. The smallest absolute Gasteiger partial charge is 0.182 e. The maximum atomic E-state index is 4.49. The lowest BCUT2D eigenvalue weighted by Crippen LogP contribution is -2.18. The summed E-state index contributed by atoms with van der Waals surface area (Å²) in [6, 6.07) is 6.41. The molecule has 1 atom stereocenters. The molecule has 0 saturated carbocycles. The third-order valence-electron chi connectivity index (χ3n) is 3.48. The molecular formula is C13H15BrN4. The summed E-state index contributed by atoms with van der Waals surface area (Å²) in [5.41, 5.74) is 0.892. The Kier molecular flexibility index (Phi) is 3.16. The van der Waals surface area contributed by atoms with Crippen molar-refractivity contribution in [1.82, 2.24) is 19.7 Å². The molecule has 94 valence electrons. The fraction of sp³-hybridized carbons (Fsp3) is 0.462. The maximum Gasteiger partial charge on any atom is 0.182 e. The first-order chi connectivity index (χ1) is 8.79. The van der Waals surface area contributed by atoms with Crippen LogP contribution in [0.5, 0.6) is 0 Å². The van der Waals surface area contributed by atoms with Crippen LogP contribution in [0.15, 0.2) is 22.8 Å². The number of hydrogen-bond donors (Lipinski definition) is 0. The number of hydrogen-bond acceptors (Lipinski definition) is 3. The van der Waals surface area contributed by atoms with Gasteiger partial charge < -0.3 is 4.57 Å². The van der Waals surface area contributed by atoms with Crippen LogP contribution in [-0.4, -0.2) is 19.7 Å². The van der Waals surface area contributed by atoms with Crippen molar-refractivity contribution in [3.05, 3.63) is 28.6 Å². The molecule has 0 aliphatic carbocycles. The lowest BCUT2D eigenvalue weighted by atomic mass is 10.0. The third kappa shape index (κ3) is 1.96. The van der Waals surface area contributed by atoms with Crippen LogP contribution in [0.1, 0.15) is 38.1 Å². The fourth-order valence-corrected chi connectivity index (χ4v) is 2.94. The molecule has 1 unspecified atom stereocenters. The molecular weight excluding hydrogens is 292 g/mol. The molecule has 2 aromatic rings. The van der Waals surface area contributed by atoms with Crippen molar-refractivity contribution < 1.29 is 0 Å². The van der Waals surface area contributed by atoms with Gasteiger partial charge in [0.25, 0.3) is 0 Å². The summed E-state index contributed by atoms with van der Waals surface area (Å²) >= 11 is 3.41. The van der Waals surface area contributed by atoms with Crippen molar-refractivity contribution in [3.63, 3.8) is 0 Å². The van der Waals surface area contributed by atoms with E-state index in [1.165, 1.54) is 12.8 Å². The molecule has 1 aliphatic rings. The van der Waals surface area contributed by atoms with Gasteiger partial charge in [0.2, 0.25) is 0 Å². The minimum absolute atomic E-state index is 0.513. The zero-order valence-electron chi connectivity index (χ0n) is 10.3. The van der Waals surface area contributed by atoms with Crippen LogP contribution in [0, 0.1) is 0 Å². The van der Waals surface area contributed by atoms with Gasteiger partial charge in [0, 0.05) is 12.5 Å². The zero-order valence-corrected chi connectivity index (χ0v) is 11.9. The van der Waals surface area contributed by atoms with E-state index in [1.807, 2.05) is 18.2 Å². The van der Waals surface area contributed by atoms with Crippen LogP contribution in [0.25, 0.3) is 11.5 Å². The molecule has 2 aromatic heterocycles. The minimum Gasteiger partial charge on any atom is -0.307 e. The first-order valence-electron chi connectivity index (χ1n) is 6.36. The number of rotatable bonds is 2. The molecule has 18 heavy (non-hydrogen) atoms. The summed E-state index contributed by atoms with van der Waals surface area (Å²) in [6.07, 6.45) is 4.56. The Hall–Kier alpha value is -1.23. The van der Waals surface area contributed by atoms with E-state index >= 15 is 0 Å². The highest BCUT2D eigenvalue weighted by atomic mass is 79.9. The highest BCUT2D eigenvalue weighted by Gasteiger charge is 2.24. The maximum absolute atomic E-state index is 4.49. The number of halogens is 1. The monoisotopic (exact) mass is 306 g/mol. The van der Waals surface area contributed by atoms with Crippen LogP contribution in [0.3, 0.4) is 0 Å². The van der Waals surface area contributed by atoms with Gasteiger partial charge in [-0.2, -0.15) is 0 Å². The summed E-state index contributed by atoms with van der Waals surface area (Å²) in [5, 5.41) is 8.66. The second-order valence-corrected chi connectivity index (χ2v) is 5.42. The summed E-state index contributed by atoms with van der Waals surface area (Å²) in [5.74, 6) is 2.00. The predicted molar refractivity (Wildman–Crippen MR) is 73.2 cm³/mol. The van der Waals surface area contributed by atoms with E-state index in [4.69, 9.17) is 0 Å². The third-order valence-corrected chi connectivity index (χ3v) is 3.93. The van der Waals surface area contributed by atoms with E-state index in [2.05, 4.69) is 42.6 Å². The Balaban J connectivity index is 2.11. The van der Waals surface area contributed by atoms with Crippen LogP contribution >= 0.6 is 15.9 Å². The first kappa shape index (κ1) is 11.8. The molecule has 1 aliphatic heterocycles. The van der Waals surface area contributed by atoms with E-state index < -0.39 is 0 Å². The Morgan fingerprint density at radius 3 is 3.06 bits per heavy atom. The highest BCUT2D eigenvalue weighted by Crippen LogP contribution is 2.31. The van der Waals surface area contributed by atoms with E-state index in [-0.39, 0.29) is 0 Å². The average Bonchev–Trinajstić information content (AvgIpc) is 2.82. The van der Waals surface area contributed by atoms with E-state index in [0.717, 1.165) is 34.8 Å². The quantitative estimate of drug-likeness (QED) is 0.799. The molecule has 0 radical (unpaired) electrons. The van der Waals surface area contributed by atoms with Gasteiger partial charge in [-0.15, -0.1) is 10.2 Å². The van der Waals surface area contributed by atoms with E-state index in [0.29, 0.717) is 6.04 Å². The van der Waals surface area contributed by atoms with Crippen molar-refractivity contribution in [3.8, 4) is 11.5 Å². The topological polar surface area (TPSA) is 43.6 Å². The molecule has 0 N–H and O–H groups in total. The normalized spacial score (nSPS) is 18.7. The molecule has 5 heteroatoms. The van der Waals surface area contributed by atoms with E-state index in [9.17, 15) is 0 Å². The van der Waals surface area contributed by atoms with Crippen LogP contribution in [0.2, 0.25) is 0 Å². The van der Waals surface area contributed by atoms with Crippen LogP contribution in [0.4, 0.5) is 0 Å². The van der Waals surface area contributed by atoms with Crippen molar-refractivity contribution in [1.29, 1.82) is 0 Å². The molecule has 0 fully saturated rings. The minimum atomic E-state index is 0.513. The van der Waals surface area contributed by atoms with Gasteiger partial charge in [0.15, 0.2) is 5.82 Å². The highest BCUT2D eigenvalue weighted by molar-refractivity contribution is 9.10. The van der Waals surface area contributed by atoms with Gasteiger partial charge in [-0.3, -0.25) is 0 Å². The molecule has 3 heterocycles. The molecule has 4 nitrogen and oxygen atoms in total. The van der Waals surface area contributed by atoms with Gasteiger partial charge in [-0.05, 0) is 47.3 Å². The number of aromatic nitrogens is 4. The second-order valence-electron chi connectivity index (χ2n) is 4.61. The summed E-state index contributed by atoms with van der Waals surface area (Å²) < 4.78 is 3.11. The Morgan fingerprint density at radius 2 is 2.28 bits per heavy atom. The van der Waals surface area contributed by atoms with Gasteiger partial charge >= 0.3 is 0 Å². The lowest BCUT2D eigenvalue weighted by Gasteiger charge is -2.24. The van der Waals surface area contributed by atoms with Crippen molar-refractivity contribution in [2.24, 2.45) is 0 Å². The summed E-state index contributed by atoms with van der Waals surface area (Å²) in [7, 11) is 0. The lowest BCUT2D eigenvalue weighted by molar-refractivity contribution is 0.389. The zero-order chi connectivity index (χ0) is 12.5. The van der Waals surface area contributed by atoms with Gasteiger partial charge in [-0.1, -0.05) is 13.0 Å². The summed E-state index contributed by atoms with van der Waals surface area (Å²) in [4.78, 5) is 4.49. The molecule has 0 bridgehead atoms. The number of pyridine rings is 1. The molecule has 3 rings (SSSR count). The molecule has 0 amide bonds. The van der Waals surface area contributed by atoms with Gasteiger partial charge in [-0.25, -0.2) is 4.98 Å². The first-order valence-corrected chi connectivity index (χ1v) is 7.15. The number of fused-ring (bicyclic) bond motifs is 1. The van der Waals surface area contributed by atoms with Crippen molar-refractivity contribution in [2.75, 3.05) is 0 Å². The largest absolute Gasteiger partial charge is 0.307 e. The Labute approximate surface area is 115 Å². The van der Waals surface area contributed by atoms with Gasteiger partial charge in [0.05, 0.1) is 0 Å². The molecule has 0 spiro atoms. The van der Waals surface area contributed by atoms with Crippen molar-refractivity contribution >= 4 is 15.9 Å². The Bertz CT molecular complexity index is 564. The van der Waals surface area contributed by atoms with Crippen LogP contribution < -0.4 is 0 Å². The average molecular weight is 307 g/mol. The molecule has 0 aromatic carbocycles. The second kappa shape index (κ2) is 4.80. The Morgan fingerprint density at radius 1 is 1.39 bits per heavy atom. The van der Waals surface area contributed by atoms with Gasteiger partial charge in [0.1, 0.15) is 16.1 Å².